The van der Waals surface area contributed by atoms with Gasteiger partial charge in [0.15, 0.2) is 0 Å². The summed E-state index contributed by atoms with van der Waals surface area (Å²) in [6.07, 6.45) is 5.06. The van der Waals surface area contributed by atoms with Crippen LogP contribution in [0.3, 0.4) is 0 Å². The maximum atomic E-state index is 6.18. The lowest BCUT2D eigenvalue weighted by atomic mass is 9.82. The molecular formula is C22H24N2O. The standard InChI is InChI=1S/C22H24N2O/c1-24-16-9-5-11-19(24)21-17-10-6-12-20(22(17)23-18(21)13-16)25-14-15-7-3-2-4-8-15/h2-4,6-8,10,12,16,19,23H,5,9,11,13-14H2,1H3/t16-,19+/m1/s1. The van der Waals surface area contributed by atoms with Crippen molar-refractivity contribution in [3.8, 4) is 5.75 Å². The van der Waals surface area contributed by atoms with Crippen LogP contribution in [0.4, 0.5) is 0 Å². The third kappa shape index (κ3) is 2.46. The van der Waals surface area contributed by atoms with Crippen LogP contribution in [-0.4, -0.2) is 23.0 Å². The van der Waals surface area contributed by atoms with Crippen LogP contribution in [0.1, 0.15) is 42.1 Å². The highest BCUT2D eigenvalue weighted by Crippen LogP contribution is 2.45. The van der Waals surface area contributed by atoms with Crippen LogP contribution in [0.5, 0.6) is 5.75 Å². The SMILES string of the molecule is CN1[C@@H]2CCC[C@H]1c1c([nH]c3c(OCc4ccccc4)cccc13)C2. The maximum Gasteiger partial charge on any atom is 0.143 e. The van der Waals surface area contributed by atoms with E-state index in [0.29, 0.717) is 18.7 Å². The molecule has 2 bridgehead atoms. The van der Waals surface area contributed by atoms with E-state index in [-0.39, 0.29) is 0 Å². The molecule has 2 atom stereocenters. The molecule has 1 N–H and O–H groups in total. The van der Waals surface area contributed by atoms with E-state index in [1.807, 2.05) is 6.07 Å². The Hall–Kier alpha value is -2.26. The van der Waals surface area contributed by atoms with Gasteiger partial charge in [-0.3, -0.25) is 4.90 Å². The number of hydrogen-bond donors (Lipinski definition) is 1. The molecule has 0 radical (unpaired) electrons. The topological polar surface area (TPSA) is 28.3 Å². The van der Waals surface area contributed by atoms with Crippen molar-refractivity contribution in [3.63, 3.8) is 0 Å². The predicted octanol–water partition coefficient (Wildman–Crippen LogP) is 4.83. The summed E-state index contributed by atoms with van der Waals surface area (Å²) in [5.74, 6) is 0.966. The minimum Gasteiger partial charge on any atom is -0.487 e. The number of nitrogens with one attached hydrogen (secondary N) is 1. The molecule has 3 nitrogen and oxygen atoms in total. The molecule has 1 aromatic heterocycles. The zero-order valence-electron chi connectivity index (χ0n) is 14.7. The highest BCUT2D eigenvalue weighted by Gasteiger charge is 2.37. The zero-order chi connectivity index (χ0) is 16.8. The fraction of sp³-hybridized carbons (Fsp3) is 0.364. The van der Waals surface area contributed by atoms with E-state index in [2.05, 4.69) is 59.4 Å². The number of aromatic nitrogens is 1. The van der Waals surface area contributed by atoms with Crippen molar-refractivity contribution in [2.45, 2.75) is 44.4 Å². The molecule has 5 rings (SSSR count). The number of piperidine rings is 1. The van der Waals surface area contributed by atoms with E-state index in [1.54, 1.807) is 0 Å². The summed E-state index contributed by atoms with van der Waals surface area (Å²) >= 11 is 0. The Labute approximate surface area is 148 Å². The lowest BCUT2D eigenvalue weighted by molar-refractivity contribution is 0.100. The van der Waals surface area contributed by atoms with Gasteiger partial charge in [-0.25, -0.2) is 0 Å². The van der Waals surface area contributed by atoms with Crippen LogP contribution in [-0.2, 0) is 13.0 Å². The first-order valence-electron chi connectivity index (χ1n) is 9.33. The maximum absolute atomic E-state index is 6.18. The zero-order valence-corrected chi connectivity index (χ0v) is 14.7. The summed E-state index contributed by atoms with van der Waals surface area (Å²) in [5.41, 5.74) is 5.31. The second-order valence-corrected chi connectivity index (χ2v) is 7.44. The quantitative estimate of drug-likeness (QED) is 0.744. The largest absolute Gasteiger partial charge is 0.487 e. The summed E-state index contributed by atoms with van der Waals surface area (Å²) in [4.78, 5) is 6.31. The van der Waals surface area contributed by atoms with Crippen LogP contribution in [0.25, 0.3) is 10.9 Å². The van der Waals surface area contributed by atoms with Crippen LogP contribution < -0.4 is 4.74 Å². The van der Waals surface area contributed by atoms with Crippen molar-refractivity contribution in [3.05, 3.63) is 65.4 Å². The lowest BCUT2D eigenvalue weighted by Gasteiger charge is -2.43. The van der Waals surface area contributed by atoms with Gasteiger partial charge < -0.3 is 9.72 Å². The molecule has 3 heteroatoms. The monoisotopic (exact) mass is 332 g/mol. The number of H-pyrrole nitrogens is 1. The van der Waals surface area contributed by atoms with Gasteiger partial charge >= 0.3 is 0 Å². The minimum atomic E-state index is 0.556. The molecule has 0 saturated carbocycles. The third-order valence-electron chi connectivity index (χ3n) is 6.01. The Morgan fingerprint density at radius 1 is 1.08 bits per heavy atom. The van der Waals surface area contributed by atoms with Gasteiger partial charge in [0.05, 0.1) is 5.52 Å². The molecule has 25 heavy (non-hydrogen) atoms. The summed E-state index contributed by atoms with van der Waals surface area (Å²) in [6.45, 7) is 0.607. The Kier molecular flexibility index (Phi) is 3.56. The van der Waals surface area contributed by atoms with Gasteiger partial charge in [0.2, 0.25) is 0 Å². The molecule has 2 aromatic carbocycles. The average molecular weight is 332 g/mol. The van der Waals surface area contributed by atoms with Crippen LogP contribution in [0.15, 0.2) is 48.5 Å². The van der Waals surface area contributed by atoms with Gasteiger partial charge in [0.25, 0.3) is 0 Å². The van der Waals surface area contributed by atoms with Gasteiger partial charge in [-0.05, 0) is 43.5 Å². The Balaban J connectivity index is 1.53. The first-order valence-corrected chi connectivity index (χ1v) is 9.33. The number of fused-ring (bicyclic) bond motifs is 6. The van der Waals surface area contributed by atoms with E-state index < -0.39 is 0 Å². The molecule has 2 aliphatic heterocycles. The van der Waals surface area contributed by atoms with Crippen molar-refractivity contribution in [1.29, 1.82) is 0 Å². The minimum absolute atomic E-state index is 0.556. The average Bonchev–Trinajstić information content (AvgIpc) is 2.99. The van der Waals surface area contributed by atoms with Crippen molar-refractivity contribution in [2.24, 2.45) is 0 Å². The van der Waals surface area contributed by atoms with E-state index >= 15 is 0 Å². The molecule has 0 unspecified atom stereocenters. The molecule has 128 valence electrons. The number of likely N-dealkylation sites (N-methyl/N-ethyl adjacent to an activating group) is 1. The van der Waals surface area contributed by atoms with Gasteiger partial charge in [-0.1, -0.05) is 42.5 Å². The number of nitrogens with zero attached hydrogens (tertiary/aromatic N) is 1. The number of ether oxygens (including phenoxy) is 1. The first kappa shape index (κ1) is 15.0. The second kappa shape index (κ2) is 5.92. The number of benzene rings is 2. The van der Waals surface area contributed by atoms with Gasteiger partial charge in [-0.15, -0.1) is 0 Å². The smallest absolute Gasteiger partial charge is 0.143 e. The molecule has 0 aliphatic carbocycles. The Morgan fingerprint density at radius 3 is 2.84 bits per heavy atom. The van der Waals surface area contributed by atoms with E-state index in [4.69, 9.17) is 4.74 Å². The van der Waals surface area contributed by atoms with Crippen molar-refractivity contribution in [1.82, 2.24) is 9.88 Å². The van der Waals surface area contributed by atoms with Crippen LogP contribution in [0.2, 0.25) is 0 Å². The number of hydrogen-bond acceptors (Lipinski definition) is 2. The molecular weight excluding hydrogens is 308 g/mol. The third-order valence-corrected chi connectivity index (χ3v) is 6.01. The molecule has 1 fully saturated rings. The number of rotatable bonds is 3. The van der Waals surface area contributed by atoms with E-state index in [1.165, 1.54) is 47.0 Å². The van der Waals surface area contributed by atoms with E-state index in [9.17, 15) is 0 Å². The second-order valence-electron chi connectivity index (χ2n) is 7.44. The molecule has 3 heterocycles. The normalized spacial score (nSPS) is 22.8. The highest BCUT2D eigenvalue weighted by molar-refractivity contribution is 5.90. The summed E-state index contributed by atoms with van der Waals surface area (Å²) in [6, 6.07) is 18.1. The van der Waals surface area contributed by atoms with Crippen molar-refractivity contribution in [2.75, 3.05) is 7.05 Å². The summed E-state index contributed by atoms with van der Waals surface area (Å²) < 4.78 is 6.18. The molecule has 1 saturated heterocycles. The summed E-state index contributed by atoms with van der Waals surface area (Å²) in [5, 5.41) is 1.35. The number of para-hydroxylation sites is 1. The fourth-order valence-electron chi connectivity index (χ4n) is 4.70. The van der Waals surface area contributed by atoms with E-state index in [0.717, 1.165) is 12.2 Å². The molecule has 0 spiro atoms. The van der Waals surface area contributed by atoms with Crippen LogP contribution in [0, 0.1) is 0 Å². The van der Waals surface area contributed by atoms with Crippen LogP contribution >= 0.6 is 0 Å². The molecule has 3 aromatic rings. The first-order chi connectivity index (χ1) is 12.3. The molecule has 2 aliphatic rings. The van der Waals surface area contributed by atoms with Gasteiger partial charge in [-0.2, -0.15) is 0 Å². The number of aromatic amines is 1. The summed E-state index contributed by atoms with van der Waals surface area (Å²) in [7, 11) is 2.30. The van der Waals surface area contributed by atoms with Gasteiger partial charge in [0, 0.05) is 29.6 Å². The Morgan fingerprint density at radius 2 is 1.96 bits per heavy atom. The highest BCUT2D eigenvalue weighted by atomic mass is 16.5. The fourth-order valence-corrected chi connectivity index (χ4v) is 4.70. The van der Waals surface area contributed by atoms with Gasteiger partial charge in [0.1, 0.15) is 12.4 Å². The van der Waals surface area contributed by atoms with Crippen molar-refractivity contribution >= 4 is 10.9 Å². The van der Waals surface area contributed by atoms with Crippen molar-refractivity contribution < 1.29 is 4.74 Å². The lowest BCUT2D eigenvalue weighted by Crippen LogP contribution is -2.43. The molecule has 0 amide bonds. The Bertz CT molecular complexity index is 899. The predicted molar refractivity (Wildman–Crippen MR) is 101 cm³/mol.